The van der Waals surface area contributed by atoms with Crippen molar-refractivity contribution >= 4 is 28.8 Å². The summed E-state index contributed by atoms with van der Waals surface area (Å²) in [7, 11) is 0. The maximum Gasteiger partial charge on any atom is 0.573 e. The topological polar surface area (TPSA) is 88.1 Å². The molecule has 224 valence electrons. The van der Waals surface area contributed by atoms with Gasteiger partial charge in [-0.05, 0) is 54.3 Å². The number of anilines is 1. The second kappa shape index (κ2) is 11.8. The van der Waals surface area contributed by atoms with E-state index in [1.165, 1.54) is 58.2 Å². The minimum Gasteiger partial charge on any atom is -0.406 e. The van der Waals surface area contributed by atoms with Crippen molar-refractivity contribution in [1.82, 2.24) is 14.8 Å². The molecule has 0 amide bonds. The highest BCUT2D eigenvalue weighted by Crippen LogP contribution is 2.40. The fraction of sp³-hybridized carbons (Fsp3) is 0.241. The summed E-state index contributed by atoms with van der Waals surface area (Å²) in [6, 6.07) is 14.5. The molecule has 1 atom stereocenters. The molecule has 1 unspecified atom stereocenters. The summed E-state index contributed by atoms with van der Waals surface area (Å²) in [5.74, 6) is -1.83. The van der Waals surface area contributed by atoms with Gasteiger partial charge in [-0.15, -0.1) is 23.4 Å². The Morgan fingerprint density at radius 2 is 1.72 bits per heavy atom. The Morgan fingerprint density at radius 1 is 1.05 bits per heavy atom. The monoisotopic (exact) mass is 616 g/mol. The summed E-state index contributed by atoms with van der Waals surface area (Å²) in [6.07, 6.45) is -1.82. The molecule has 0 aliphatic carbocycles. The predicted molar refractivity (Wildman–Crippen MR) is 155 cm³/mol. The molecule has 3 aromatic carbocycles. The fourth-order valence-corrected chi connectivity index (χ4v) is 5.42. The van der Waals surface area contributed by atoms with E-state index in [-0.39, 0.29) is 17.4 Å². The van der Waals surface area contributed by atoms with E-state index in [1.54, 1.807) is 31.2 Å². The number of hydrogen-bond acceptors (Lipinski definition) is 7. The number of hydrogen-bond donors (Lipinski definition) is 1. The first kappa shape index (κ1) is 30.2. The number of ether oxygens (including phenoxy) is 1. The van der Waals surface area contributed by atoms with Gasteiger partial charge in [-0.1, -0.05) is 49.9 Å². The first-order valence-electron chi connectivity index (χ1n) is 12.9. The normalized spacial score (nSPS) is 18.4. The van der Waals surface area contributed by atoms with Gasteiger partial charge < -0.3 is 9.84 Å². The highest BCUT2D eigenvalue weighted by Gasteiger charge is 2.42. The van der Waals surface area contributed by atoms with E-state index < -0.39 is 23.7 Å². The third-order valence-corrected chi connectivity index (χ3v) is 7.64. The smallest absolute Gasteiger partial charge is 0.406 e. The quantitative estimate of drug-likeness (QED) is 0.138. The van der Waals surface area contributed by atoms with Gasteiger partial charge >= 0.3 is 6.36 Å². The zero-order valence-corrected chi connectivity index (χ0v) is 23.9. The number of alkyl halides is 3. The van der Waals surface area contributed by atoms with Crippen molar-refractivity contribution in [2.75, 3.05) is 10.7 Å². The van der Waals surface area contributed by atoms with Crippen LogP contribution in [0.3, 0.4) is 0 Å². The van der Waals surface area contributed by atoms with Gasteiger partial charge in [0.2, 0.25) is 0 Å². The molecule has 0 saturated carbocycles. The lowest BCUT2D eigenvalue weighted by atomic mass is 9.99. The van der Waals surface area contributed by atoms with E-state index in [4.69, 9.17) is 0 Å². The Balaban J connectivity index is 1.31. The van der Waals surface area contributed by atoms with Crippen LogP contribution < -0.4 is 9.64 Å². The van der Waals surface area contributed by atoms with Crippen molar-refractivity contribution in [1.29, 1.82) is 0 Å². The summed E-state index contributed by atoms with van der Waals surface area (Å²) in [5, 5.41) is 24.2. The summed E-state index contributed by atoms with van der Waals surface area (Å²) >= 11 is 1.24. The second-order valence-electron chi connectivity index (χ2n) is 10.1. The standard InChI is InChI=1S/C29H25F5N6O2S/c1-17(2)22-12-23(30)24(31)13-25(22)40-27(43-15-28(40,3)41)37-36-14-18-4-6-19(7-5-18)26-35-16-39(38-26)20-8-10-21(11-9-20)42-29(32,33)34/h4-14,16-17,41H,15H2,1-3H3/b36-14+,37-27-. The number of halogens is 5. The predicted octanol–water partition coefficient (Wildman–Crippen LogP) is 6.89. The van der Waals surface area contributed by atoms with Crippen LogP contribution in [-0.2, 0) is 0 Å². The maximum absolute atomic E-state index is 14.2. The van der Waals surface area contributed by atoms with E-state index in [9.17, 15) is 27.1 Å². The zero-order chi connectivity index (χ0) is 30.9. The van der Waals surface area contributed by atoms with Crippen LogP contribution in [0.4, 0.5) is 27.6 Å². The molecular weight excluding hydrogens is 591 g/mol. The number of benzene rings is 3. The summed E-state index contributed by atoms with van der Waals surface area (Å²) in [5.41, 5.74) is 1.33. The Bertz CT molecular complexity index is 1670. The fourth-order valence-electron chi connectivity index (χ4n) is 4.36. The van der Waals surface area contributed by atoms with Gasteiger partial charge in [-0.2, -0.15) is 5.10 Å². The lowest BCUT2D eigenvalue weighted by Crippen LogP contribution is -2.45. The molecule has 8 nitrogen and oxygen atoms in total. The summed E-state index contributed by atoms with van der Waals surface area (Å²) < 4.78 is 70.7. The third kappa shape index (κ3) is 6.86. The molecule has 5 rings (SSSR count). The third-order valence-electron chi connectivity index (χ3n) is 6.43. The van der Waals surface area contributed by atoms with Crippen LogP contribution in [0.1, 0.15) is 37.8 Å². The van der Waals surface area contributed by atoms with Crippen LogP contribution in [0.2, 0.25) is 0 Å². The van der Waals surface area contributed by atoms with E-state index in [2.05, 4.69) is 25.0 Å². The SMILES string of the molecule is CC(C)c1cc(F)c(F)cc1N1/C(=N/N=C/c2ccc(-c3ncn(-c4ccc(OC(F)(F)F)cc4)n3)cc2)SCC1(C)O. The van der Waals surface area contributed by atoms with Gasteiger partial charge in [0.05, 0.1) is 17.6 Å². The Labute approximate surface area is 247 Å². The largest absolute Gasteiger partial charge is 0.573 e. The van der Waals surface area contributed by atoms with Crippen LogP contribution in [-0.4, -0.2) is 49.1 Å². The highest BCUT2D eigenvalue weighted by atomic mass is 32.2. The van der Waals surface area contributed by atoms with E-state index in [0.29, 0.717) is 39.1 Å². The molecule has 1 aromatic heterocycles. The number of aliphatic hydroxyl groups is 1. The van der Waals surface area contributed by atoms with Gasteiger partial charge in [0.25, 0.3) is 0 Å². The number of nitrogens with zero attached hydrogens (tertiary/aromatic N) is 6. The van der Waals surface area contributed by atoms with E-state index in [0.717, 1.165) is 12.1 Å². The molecule has 0 bridgehead atoms. The summed E-state index contributed by atoms with van der Waals surface area (Å²) in [6.45, 7) is 5.27. The van der Waals surface area contributed by atoms with Crippen molar-refractivity contribution < 1.29 is 31.8 Å². The van der Waals surface area contributed by atoms with Crippen molar-refractivity contribution in [3.8, 4) is 22.8 Å². The van der Waals surface area contributed by atoms with Crippen LogP contribution >= 0.6 is 11.8 Å². The lowest BCUT2D eigenvalue weighted by Gasteiger charge is -2.33. The van der Waals surface area contributed by atoms with Crippen molar-refractivity contribution in [2.24, 2.45) is 10.2 Å². The molecule has 4 aromatic rings. The molecule has 1 aliphatic rings. The average Bonchev–Trinajstić information content (AvgIpc) is 3.54. The van der Waals surface area contributed by atoms with Crippen LogP contribution in [0, 0.1) is 11.6 Å². The number of thioether (sulfide) groups is 1. The number of amidine groups is 1. The molecule has 2 heterocycles. The maximum atomic E-state index is 14.2. The molecule has 1 saturated heterocycles. The van der Waals surface area contributed by atoms with Crippen molar-refractivity contribution in [2.45, 2.75) is 38.8 Å². The van der Waals surface area contributed by atoms with Crippen molar-refractivity contribution in [3.05, 3.63) is 89.8 Å². The van der Waals surface area contributed by atoms with Gasteiger partial charge in [-0.25, -0.2) is 18.4 Å². The van der Waals surface area contributed by atoms with Crippen molar-refractivity contribution in [3.63, 3.8) is 0 Å². The molecular formula is C29H25F5N6O2S. The van der Waals surface area contributed by atoms with Crippen LogP contribution in [0.5, 0.6) is 5.75 Å². The molecule has 0 radical (unpaired) electrons. The van der Waals surface area contributed by atoms with Gasteiger partial charge in [-0.3, -0.25) is 4.90 Å². The average molecular weight is 617 g/mol. The Hall–Kier alpha value is -4.30. The number of rotatable bonds is 7. The minimum atomic E-state index is -4.77. The van der Waals surface area contributed by atoms with Gasteiger partial charge in [0, 0.05) is 17.4 Å². The lowest BCUT2D eigenvalue weighted by molar-refractivity contribution is -0.274. The van der Waals surface area contributed by atoms with E-state index >= 15 is 0 Å². The Morgan fingerprint density at radius 3 is 2.37 bits per heavy atom. The van der Waals surface area contributed by atoms with Gasteiger partial charge in [0.1, 0.15) is 12.1 Å². The number of aromatic nitrogens is 3. The molecule has 1 aliphatic heterocycles. The highest BCUT2D eigenvalue weighted by molar-refractivity contribution is 8.14. The first-order chi connectivity index (χ1) is 20.3. The summed E-state index contributed by atoms with van der Waals surface area (Å²) in [4.78, 5) is 5.74. The Kier molecular flexibility index (Phi) is 8.25. The van der Waals surface area contributed by atoms with Crippen LogP contribution in [0.25, 0.3) is 17.1 Å². The van der Waals surface area contributed by atoms with Crippen LogP contribution in [0.15, 0.2) is 77.2 Å². The first-order valence-corrected chi connectivity index (χ1v) is 13.9. The minimum absolute atomic E-state index is 0.144. The molecule has 14 heteroatoms. The molecule has 1 fully saturated rings. The molecule has 0 spiro atoms. The zero-order valence-electron chi connectivity index (χ0n) is 23.0. The van der Waals surface area contributed by atoms with Gasteiger partial charge in [0.15, 0.2) is 28.4 Å². The second-order valence-corrected chi connectivity index (χ2v) is 11.1. The van der Waals surface area contributed by atoms with E-state index in [1.807, 2.05) is 13.8 Å². The molecule has 1 N–H and O–H groups in total. The molecule has 43 heavy (non-hydrogen) atoms.